The standard InChI is InChI=1S/C17H27O3Si/c1-16(2,3)15(20-21(6)7)14-12-10-8-9-11-13(12)18-17(4,5)19-14/h8-11,14-15H,1-7H3/t14?,15-/m0/s1. The van der Waals surface area contributed by atoms with Gasteiger partial charge in [0, 0.05) is 19.4 Å². The van der Waals surface area contributed by atoms with Gasteiger partial charge in [-0.15, -0.1) is 0 Å². The molecular formula is C17H27O3Si. The van der Waals surface area contributed by atoms with Crippen molar-refractivity contribution in [2.45, 2.75) is 65.7 Å². The van der Waals surface area contributed by atoms with Crippen molar-refractivity contribution in [3.63, 3.8) is 0 Å². The van der Waals surface area contributed by atoms with Gasteiger partial charge in [-0.3, -0.25) is 0 Å². The predicted octanol–water partition coefficient (Wildman–Crippen LogP) is 4.56. The third kappa shape index (κ3) is 3.87. The first kappa shape index (κ1) is 16.5. The van der Waals surface area contributed by atoms with Gasteiger partial charge < -0.3 is 13.9 Å². The molecule has 1 aromatic rings. The molecule has 0 aromatic heterocycles. The van der Waals surface area contributed by atoms with Crippen LogP contribution in [0.4, 0.5) is 0 Å². The molecule has 1 aliphatic rings. The molecule has 0 spiro atoms. The second-order valence-corrected chi connectivity index (χ2v) is 9.44. The summed E-state index contributed by atoms with van der Waals surface area (Å²) in [5, 5.41) is 0. The fourth-order valence-corrected chi connectivity index (χ4v) is 3.62. The highest BCUT2D eigenvalue weighted by atomic mass is 28.3. The molecule has 0 N–H and O–H groups in total. The summed E-state index contributed by atoms with van der Waals surface area (Å²) in [6.45, 7) is 14.9. The van der Waals surface area contributed by atoms with E-state index in [4.69, 9.17) is 13.9 Å². The molecule has 0 aliphatic carbocycles. The van der Waals surface area contributed by atoms with Crippen LogP contribution in [-0.4, -0.2) is 20.9 Å². The highest BCUT2D eigenvalue weighted by Gasteiger charge is 2.43. The number of hydrogen-bond acceptors (Lipinski definition) is 3. The molecule has 1 heterocycles. The summed E-state index contributed by atoms with van der Waals surface area (Å²) in [5.74, 6) is 0.262. The third-order valence-electron chi connectivity index (χ3n) is 3.48. The van der Waals surface area contributed by atoms with Crippen LogP contribution in [-0.2, 0) is 9.16 Å². The van der Waals surface area contributed by atoms with Gasteiger partial charge in [-0.1, -0.05) is 39.0 Å². The average Bonchev–Trinajstić information content (AvgIpc) is 2.32. The van der Waals surface area contributed by atoms with Gasteiger partial charge in [0.05, 0.1) is 6.10 Å². The topological polar surface area (TPSA) is 27.7 Å². The van der Waals surface area contributed by atoms with Crippen molar-refractivity contribution in [1.82, 2.24) is 0 Å². The first-order valence-electron chi connectivity index (χ1n) is 7.53. The van der Waals surface area contributed by atoms with E-state index in [1.807, 2.05) is 32.0 Å². The fourth-order valence-electron chi connectivity index (χ4n) is 2.64. The monoisotopic (exact) mass is 307 g/mol. The van der Waals surface area contributed by atoms with E-state index in [-0.39, 0.29) is 17.6 Å². The van der Waals surface area contributed by atoms with Gasteiger partial charge in [-0.05, 0) is 24.6 Å². The van der Waals surface area contributed by atoms with Crippen LogP contribution in [0.25, 0.3) is 0 Å². The molecule has 3 nitrogen and oxygen atoms in total. The minimum absolute atomic E-state index is 0.00529. The summed E-state index contributed by atoms with van der Waals surface area (Å²) in [6, 6.07) is 8.12. The molecule has 2 atom stereocenters. The summed E-state index contributed by atoms with van der Waals surface area (Å²) in [4.78, 5) is 0. The molecule has 21 heavy (non-hydrogen) atoms. The fraction of sp³-hybridized carbons (Fsp3) is 0.647. The van der Waals surface area contributed by atoms with Crippen molar-refractivity contribution in [3.8, 4) is 5.75 Å². The third-order valence-corrected chi connectivity index (χ3v) is 4.21. The minimum atomic E-state index is -0.824. The van der Waals surface area contributed by atoms with Crippen LogP contribution < -0.4 is 4.74 Å². The number of para-hydroxylation sites is 1. The van der Waals surface area contributed by atoms with Crippen molar-refractivity contribution >= 4 is 9.04 Å². The molecule has 0 fully saturated rings. The van der Waals surface area contributed by atoms with Gasteiger partial charge in [-0.2, -0.15) is 0 Å². The van der Waals surface area contributed by atoms with Gasteiger partial charge in [0.25, 0.3) is 0 Å². The lowest BCUT2D eigenvalue weighted by molar-refractivity contribution is -0.236. The van der Waals surface area contributed by atoms with Crippen LogP contribution in [0.5, 0.6) is 5.75 Å². The van der Waals surface area contributed by atoms with Gasteiger partial charge in [-0.25, -0.2) is 0 Å². The zero-order valence-corrected chi connectivity index (χ0v) is 15.2. The van der Waals surface area contributed by atoms with E-state index in [0.717, 1.165) is 11.3 Å². The lowest BCUT2D eigenvalue weighted by Gasteiger charge is -2.45. The van der Waals surface area contributed by atoms with Crippen molar-refractivity contribution in [2.75, 3.05) is 0 Å². The highest BCUT2D eigenvalue weighted by Crippen LogP contribution is 2.45. The van der Waals surface area contributed by atoms with E-state index in [1.54, 1.807) is 0 Å². The van der Waals surface area contributed by atoms with Crippen LogP contribution in [0.2, 0.25) is 13.1 Å². The quantitative estimate of drug-likeness (QED) is 0.766. The SMILES string of the molecule is C[Si](C)O[C@@H](C1OC(C)(C)Oc2ccccc21)C(C)(C)C. The van der Waals surface area contributed by atoms with Gasteiger partial charge in [0.2, 0.25) is 14.8 Å². The highest BCUT2D eigenvalue weighted by molar-refractivity contribution is 6.48. The Balaban J connectivity index is 2.44. The van der Waals surface area contributed by atoms with Crippen LogP contribution in [0.1, 0.15) is 46.3 Å². The van der Waals surface area contributed by atoms with E-state index in [2.05, 4.69) is 39.9 Å². The van der Waals surface area contributed by atoms with E-state index in [1.165, 1.54) is 0 Å². The zero-order valence-electron chi connectivity index (χ0n) is 14.2. The maximum atomic E-state index is 6.33. The summed E-state index contributed by atoms with van der Waals surface area (Å²) in [6.07, 6.45) is -0.101. The number of benzene rings is 1. The van der Waals surface area contributed by atoms with E-state index >= 15 is 0 Å². The summed E-state index contributed by atoms with van der Waals surface area (Å²) < 4.78 is 18.5. The van der Waals surface area contributed by atoms with E-state index in [0.29, 0.717) is 0 Å². The van der Waals surface area contributed by atoms with Crippen molar-refractivity contribution in [3.05, 3.63) is 29.8 Å². The van der Waals surface area contributed by atoms with Crippen molar-refractivity contribution in [1.29, 1.82) is 0 Å². The second-order valence-electron chi connectivity index (χ2n) is 7.39. The normalized spacial score (nSPS) is 22.6. The Morgan fingerprint density at radius 2 is 1.81 bits per heavy atom. The minimum Gasteiger partial charge on any atom is -0.463 e. The van der Waals surface area contributed by atoms with Crippen LogP contribution in [0.3, 0.4) is 0 Å². The lowest BCUT2D eigenvalue weighted by atomic mass is 9.83. The molecular weight excluding hydrogens is 280 g/mol. The molecule has 2 rings (SSSR count). The van der Waals surface area contributed by atoms with Crippen molar-refractivity contribution in [2.24, 2.45) is 5.41 Å². The van der Waals surface area contributed by atoms with Crippen LogP contribution in [0, 0.1) is 5.41 Å². The summed E-state index contributed by atoms with van der Waals surface area (Å²) >= 11 is 0. The number of rotatable bonds is 3. The Kier molecular flexibility index (Phi) is 4.52. The summed E-state index contributed by atoms with van der Waals surface area (Å²) in [7, 11) is -0.824. The molecule has 1 aromatic carbocycles. The Hall–Kier alpha value is -0.843. The smallest absolute Gasteiger partial charge is 0.205 e. The first-order valence-corrected chi connectivity index (χ1v) is 9.93. The molecule has 0 amide bonds. The summed E-state index contributed by atoms with van der Waals surface area (Å²) in [5.41, 5.74) is 1.08. The lowest BCUT2D eigenvalue weighted by Crippen LogP contribution is -2.46. The van der Waals surface area contributed by atoms with Crippen LogP contribution >= 0.6 is 0 Å². The molecule has 0 bridgehead atoms. The van der Waals surface area contributed by atoms with Gasteiger partial charge in [0.1, 0.15) is 11.9 Å². The molecule has 117 valence electrons. The van der Waals surface area contributed by atoms with Crippen molar-refractivity contribution < 1.29 is 13.9 Å². The molecule has 1 radical (unpaired) electrons. The molecule has 4 heteroatoms. The average molecular weight is 307 g/mol. The molecule has 1 aliphatic heterocycles. The first-order chi connectivity index (χ1) is 9.60. The Labute approximate surface area is 130 Å². The molecule has 1 unspecified atom stereocenters. The van der Waals surface area contributed by atoms with Gasteiger partial charge >= 0.3 is 0 Å². The maximum absolute atomic E-state index is 6.33. The largest absolute Gasteiger partial charge is 0.463 e. The van der Waals surface area contributed by atoms with Gasteiger partial charge in [0.15, 0.2) is 0 Å². The van der Waals surface area contributed by atoms with E-state index < -0.39 is 14.8 Å². The molecule has 0 saturated heterocycles. The second kappa shape index (κ2) is 5.74. The van der Waals surface area contributed by atoms with Crippen LogP contribution in [0.15, 0.2) is 24.3 Å². The van der Waals surface area contributed by atoms with E-state index in [9.17, 15) is 0 Å². The maximum Gasteiger partial charge on any atom is 0.205 e. The Morgan fingerprint density at radius 1 is 1.19 bits per heavy atom. The molecule has 0 saturated carbocycles. The predicted molar refractivity (Wildman–Crippen MR) is 86.8 cm³/mol. The number of ether oxygens (including phenoxy) is 2. The zero-order chi connectivity index (χ0) is 15.8. The number of fused-ring (bicyclic) bond motifs is 1. The number of hydrogen-bond donors (Lipinski definition) is 0. The Bertz CT molecular complexity index is 491. The Morgan fingerprint density at radius 3 is 2.38 bits per heavy atom.